The van der Waals surface area contributed by atoms with E-state index in [1.54, 1.807) is 4.90 Å². The lowest BCUT2D eigenvalue weighted by molar-refractivity contribution is 0.0572. The molecule has 132 valence electrons. The molecule has 0 saturated heterocycles. The lowest BCUT2D eigenvalue weighted by atomic mass is 10.2. The molecule has 7 heteroatoms. The van der Waals surface area contributed by atoms with Gasteiger partial charge in [0, 0.05) is 22.9 Å². The van der Waals surface area contributed by atoms with Crippen LogP contribution >= 0.6 is 27.5 Å². The first-order chi connectivity index (χ1) is 11.8. The van der Waals surface area contributed by atoms with Crippen LogP contribution in [-0.2, 0) is 11.2 Å². The lowest BCUT2D eigenvalue weighted by Gasteiger charge is -2.27. The summed E-state index contributed by atoms with van der Waals surface area (Å²) in [7, 11) is 0. The average molecular weight is 425 g/mol. The second-order valence-corrected chi connectivity index (χ2v) is 7.87. The highest BCUT2D eigenvalue weighted by Gasteiger charge is 2.39. The van der Waals surface area contributed by atoms with Crippen LogP contribution in [0.15, 0.2) is 30.3 Å². The van der Waals surface area contributed by atoms with E-state index < -0.39 is 11.7 Å². The predicted octanol–water partition coefficient (Wildman–Crippen LogP) is 4.86. The molecule has 1 atom stereocenters. The number of carbonyl (C=O) groups is 1. The Hall–Kier alpha value is -1.66. The molecule has 0 aliphatic carbocycles. The molecular formula is C18H19BrClN3O2. The van der Waals surface area contributed by atoms with Gasteiger partial charge in [0.15, 0.2) is 5.82 Å². The summed E-state index contributed by atoms with van der Waals surface area (Å²) in [6, 6.07) is 9.45. The van der Waals surface area contributed by atoms with Crippen LogP contribution in [0.1, 0.15) is 26.3 Å². The van der Waals surface area contributed by atoms with E-state index in [1.807, 2.05) is 51.1 Å². The predicted molar refractivity (Wildman–Crippen MR) is 102 cm³/mol. The number of halogens is 2. The van der Waals surface area contributed by atoms with Crippen molar-refractivity contribution in [2.24, 2.45) is 0 Å². The topological polar surface area (TPSA) is 55.3 Å². The number of anilines is 1. The van der Waals surface area contributed by atoms with Crippen LogP contribution in [0.2, 0.25) is 5.15 Å². The van der Waals surface area contributed by atoms with Gasteiger partial charge in [-0.05, 0) is 20.8 Å². The fraction of sp³-hybridized carbons (Fsp3) is 0.389. The fourth-order valence-electron chi connectivity index (χ4n) is 2.71. The molecular weight excluding hydrogens is 406 g/mol. The number of hydrogen-bond donors (Lipinski definition) is 0. The quantitative estimate of drug-likeness (QED) is 0.510. The van der Waals surface area contributed by atoms with Crippen molar-refractivity contribution in [2.45, 2.75) is 38.8 Å². The van der Waals surface area contributed by atoms with Gasteiger partial charge in [-0.3, -0.25) is 4.90 Å². The van der Waals surface area contributed by atoms with Crippen molar-refractivity contribution in [1.82, 2.24) is 9.97 Å². The summed E-state index contributed by atoms with van der Waals surface area (Å²) in [4.78, 5) is 23.3. The minimum absolute atomic E-state index is 0.109. The average Bonchev–Trinajstić information content (AvgIpc) is 2.93. The standard InChI is InChI=1S/C18H19BrClN3O2/c1-18(2,3)25-17(24)23-12(10-19)9-13-14(20)21-15(22-16(13)23)11-7-5-4-6-8-11/h4-8,12H,9-10H2,1-3H3. The van der Waals surface area contributed by atoms with Gasteiger partial charge in [0.05, 0.1) is 6.04 Å². The monoisotopic (exact) mass is 423 g/mol. The summed E-state index contributed by atoms with van der Waals surface area (Å²) >= 11 is 9.88. The number of nitrogens with zero attached hydrogens (tertiary/aromatic N) is 3. The zero-order valence-corrected chi connectivity index (χ0v) is 16.6. The van der Waals surface area contributed by atoms with Crippen molar-refractivity contribution < 1.29 is 9.53 Å². The number of hydrogen-bond acceptors (Lipinski definition) is 4. The van der Waals surface area contributed by atoms with Crippen LogP contribution in [0, 0.1) is 0 Å². The summed E-state index contributed by atoms with van der Waals surface area (Å²) in [6.07, 6.45) is 0.165. The van der Waals surface area contributed by atoms with Crippen LogP contribution in [0.4, 0.5) is 10.6 Å². The lowest BCUT2D eigenvalue weighted by Crippen LogP contribution is -2.42. The summed E-state index contributed by atoms with van der Waals surface area (Å²) in [6.45, 7) is 5.52. The number of amides is 1. The zero-order chi connectivity index (χ0) is 18.2. The number of ether oxygens (including phenoxy) is 1. The van der Waals surface area contributed by atoms with Crippen molar-refractivity contribution in [3.8, 4) is 11.4 Å². The van der Waals surface area contributed by atoms with Gasteiger partial charge in [-0.15, -0.1) is 0 Å². The Bertz CT molecular complexity index is 793. The third-order valence-corrected chi connectivity index (χ3v) is 4.83. The van der Waals surface area contributed by atoms with Gasteiger partial charge in [0.25, 0.3) is 0 Å². The number of benzene rings is 1. The van der Waals surface area contributed by atoms with Crippen molar-refractivity contribution in [3.63, 3.8) is 0 Å². The van der Waals surface area contributed by atoms with Gasteiger partial charge >= 0.3 is 6.09 Å². The minimum Gasteiger partial charge on any atom is -0.443 e. The largest absolute Gasteiger partial charge is 0.443 e. The first kappa shape index (κ1) is 18.1. The van der Waals surface area contributed by atoms with Gasteiger partial charge in [-0.1, -0.05) is 57.9 Å². The number of aromatic nitrogens is 2. The van der Waals surface area contributed by atoms with E-state index in [0.29, 0.717) is 28.5 Å². The summed E-state index contributed by atoms with van der Waals surface area (Å²) in [5, 5.41) is 0.973. The Morgan fingerprint density at radius 1 is 1.32 bits per heavy atom. The molecule has 25 heavy (non-hydrogen) atoms. The van der Waals surface area contributed by atoms with Crippen molar-refractivity contribution in [3.05, 3.63) is 41.0 Å². The summed E-state index contributed by atoms with van der Waals surface area (Å²) < 4.78 is 5.56. The molecule has 1 aliphatic heterocycles. The molecule has 3 rings (SSSR count). The first-order valence-electron chi connectivity index (χ1n) is 8.00. The molecule has 0 radical (unpaired) electrons. The molecule has 1 aromatic heterocycles. The molecule has 2 aromatic rings. The van der Waals surface area contributed by atoms with E-state index in [-0.39, 0.29) is 6.04 Å². The van der Waals surface area contributed by atoms with Crippen LogP contribution in [-0.4, -0.2) is 33.0 Å². The molecule has 0 saturated carbocycles. The first-order valence-corrected chi connectivity index (χ1v) is 9.50. The normalized spacial score (nSPS) is 16.7. The highest BCUT2D eigenvalue weighted by Crippen LogP contribution is 2.37. The summed E-state index contributed by atoms with van der Waals surface area (Å²) in [5.41, 5.74) is 1.03. The Balaban J connectivity index is 2.05. The van der Waals surface area contributed by atoms with Crippen LogP contribution in [0.3, 0.4) is 0 Å². The minimum atomic E-state index is -0.588. The highest BCUT2D eigenvalue weighted by atomic mass is 79.9. The molecule has 1 aliphatic rings. The third kappa shape index (κ3) is 3.80. The van der Waals surface area contributed by atoms with E-state index in [2.05, 4.69) is 25.9 Å². The third-order valence-electron chi connectivity index (χ3n) is 3.77. The molecule has 0 spiro atoms. The number of fused-ring (bicyclic) bond motifs is 1. The second kappa shape index (κ2) is 6.92. The Kier molecular flexibility index (Phi) is 5.02. The van der Waals surface area contributed by atoms with Gasteiger partial charge in [0.1, 0.15) is 16.6 Å². The smallest absolute Gasteiger partial charge is 0.416 e. The SMILES string of the molecule is CC(C)(C)OC(=O)N1c2nc(-c3ccccc3)nc(Cl)c2CC1CBr. The maximum absolute atomic E-state index is 12.7. The number of rotatable bonds is 2. The van der Waals surface area contributed by atoms with E-state index >= 15 is 0 Å². The maximum Gasteiger partial charge on any atom is 0.416 e. The Morgan fingerprint density at radius 3 is 2.60 bits per heavy atom. The van der Waals surface area contributed by atoms with Crippen molar-refractivity contribution >= 4 is 39.4 Å². The molecule has 0 bridgehead atoms. The summed E-state index contributed by atoms with van der Waals surface area (Å²) in [5.74, 6) is 1.02. The van der Waals surface area contributed by atoms with Crippen molar-refractivity contribution in [2.75, 3.05) is 10.2 Å². The molecule has 0 fully saturated rings. The van der Waals surface area contributed by atoms with Gasteiger partial charge in [0.2, 0.25) is 0 Å². The fourth-order valence-corrected chi connectivity index (χ4v) is 3.47. The maximum atomic E-state index is 12.7. The highest BCUT2D eigenvalue weighted by molar-refractivity contribution is 9.09. The number of carbonyl (C=O) groups excluding carboxylic acids is 1. The van der Waals surface area contributed by atoms with Gasteiger partial charge in [-0.25, -0.2) is 14.8 Å². The zero-order valence-electron chi connectivity index (χ0n) is 14.3. The van der Waals surface area contributed by atoms with Crippen molar-refractivity contribution in [1.29, 1.82) is 0 Å². The molecule has 5 nitrogen and oxygen atoms in total. The molecule has 2 heterocycles. The van der Waals surface area contributed by atoms with E-state index in [9.17, 15) is 4.79 Å². The Morgan fingerprint density at radius 2 is 2.00 bits per heavy atom. The molecule has 0 N–H and O–H groups in total. The van der Waals surface area contributed by atoms with E-state index in [4.69, 9.17) is 16.3 Å². The molecule has 1 unspecified atom stereocenters. The van der Waals surface area contributed by atoms with Crippen LogP contribution < -0.4 is 4.90 Å². The van der Waals surface area contributed by atoms with Crippen LogP contribution in [0.25, 0.3) is 11.4 Å². The Labute approximate surface area is 160 Å². The van der Waals surface area contributed by atoms with Crippen LogP contribution in [0.5, 0.6) is 0 Å². The molecule has 1 amide bonds. The van der Waals surface area contributed by atoms with Gasteiger partial charge in [-0.2, -0.15) is 0 Å². The number of alkyl halides is 1. The van der Waals surface area contributed by atoms with E-state index in [0.717, 1.165) is 11.1 Å². The second-order valence-electron chi connectivity index (χ2n) is 6.87. The van der Waals surface area contributed by atoms with E-state index in [1.165, 1.54) is 0 Å². The van der Waals surface area contributed by atoms with Gasteiger partial charge < -0.3 is 4.74 Å². The molecule has 1 aromatic carbocycles.